The van der Waals surface area contributed by atoms with E-state index >= 15 is 0 Å². The zero-order valence-electron chi connectivity index (χ0n) is 4.29. The molecule has 0 spiro atoms. The molecule has 1 aliphatic rings. The van der Waals surface area contributed by atoms with E-state index in [1.54, 1.807) is 6.92 Å². The molecule has 0 aromatic heterocycles. The normalized spacial score (nSPS) is 25.4. The highest BCUT2D eigenvalue weighted by molar-refractivity contribution is 7.85. The number of nitrogens with zero attached hydrogens (tertiary/aromatic N) is 1. The van der Waals surface area contributed by atoms with Crippen molar-refractivity contribution in [3.63, 3.8) is 0 Å². The zero-order valence-corrected chi connectivity index (χ0v) is 5.10. The van der Waals surface area contributed by atoms with Crippen LogP contribution >= 0.6 is 0 Å². The van der Waals surface area contributed by atoms with Crippen molar-refractivity contribution < 1.29 is 12.6 Å². The van der Waals surface area contributed by atoms with E-state index in [9.17, 15) is 8.42 Å². The molecule has 0 N–H and O–H groups in total. The van der Waals surface area contributed by atoms with Crippen LogP contribution in [0.25, 0.3) is 0 Å². The summed E-state index contributed by atoms with van der Waals surface area (Å²) in [6.07, 6.45) is 0. The Morgan fingerprint density at radius 1 is 1.75 bits per heavy atom. The second kappa shape index (κ2) is 1.53. The van der Waals surface area contributed by atoms with Crippen molar-refractivity contribution in [2.75, 3.05) is 6.61 Å². The molecule has 0 aromatic carbocycles. The summed E-state index contributed by atoms with van der Waals surface area (Å²) in [5.74, 6) is 0. The molecule has 0 aliphatic carbocycles. The molecule has 5 heteroatoms. The molecule has 46 valence electrons. The maximum Gasteiger partial charge on any atom is 0.381 e. The molecular formula is C3H5NO3S. The standard InChI is InChI=1S/C3H5NO3S/c1-3-2-7-8(5,6)4-3/h2H2,1H3. The van der Waals surface area contributed by atoms with E-state index in [4.69, 9.17) is 0 Å². The van der Waals surface area contributed by atoms with Crippen molar-refractivity contribution in [2.24, 2.45) is 4.40 Å². The maximum atomic E-state index is 10.2. The van der Waals surface area contributed by atoms with Crippen LogP contribution in [-0.2, 0) is 14.5 Å². The molecule has 4 nitrogen and oxygen atoms in total. The molecule has 1 aliphatic heterocycles. The van der Waals surface area contributed by atoms with Gasteiger partial charge < -0.3 is 0 Å². The molecule has 0 atom stereocenters. The van der Waals surface area contributed by atoms with E-state index in [1.807, 2.05) is 0 Å². The molecule has 0 saturated carbocycles. The van der Waals surface area contributed by atoms with Gasteiger partial charge in [0.25, 0.3) is 0 Å². The van der Waals surface area contributed by atoms with E-state index in [-0.39, 0.29) is 6.61 Å². The van der Waals surface area contributed by atoms with E-state index in [0.717, 1.165) is 0 Å². The van der Waals surface area contributed by atoms with Crippen LogP contribution in [0.5, 0.6) is 0 Å². The fourth-order valence-electron chi connectivity index (χ4n) is 0.403. The summed E-state index contributed by atoms with van der Waals surface area (Å²) in [7, 11) is -3.51. The van der Waals surface area contributed by atoms with Crippen molar-refractivity contribution in [3.05, 3.63) is 0 Å². The first-order valence-electron chi connectivity index (χ1n) is 2.05. The average molecular weight is 135 g/mol. The van der Waals surface area contributed by atoms with Crippen molar-refractivity contribution in [1.82, 2.24) is 0 Å². The summed E-state index contributed by atoms with van der Waals surface area (Å²) in [5.41, 5.74) is 0.505. The minimum absolute atomic E-state index is 0.113. The van der Waals surface area contributed by atoms with Gasteiger partial charge in [-0.1, -0.05) is 0 Å². The highest BCUT2D eigenvalue weighted by Gasteiger charge is 2.16. The first-order valence-corrected chi connectivity index (χ1v) is 3.41. The van der Waals surface area contributed by atoms with E-state index in [1.165, 1.54) is 0 Å². The predicted molar refractivity (Wildman–Crippen MR) is 28.0 cm³/mol. The minimum Gasteiger partial charge on any atom is -0.246 e. The van der Waals surface area contributed by atoms with Crippen molar-refractivity contribution in [3.8, 4) is 0 Å². The molecular weight excluding hydrogens is 130 g/mol. The Bertz CT molecular complexity index is 215. The number of hydrogen-bond acceptors (Lipinski definition) is 3. The Kier molecular flexibility index (Phi) is 1.09. The largest absolute Gasteiger partial charge is 0.381 e. The van der Waals surface area contributed by atoms with Gasteiger partial charge in [0.1, 0.15) is 6.61 Å². The Morgan fingerprint density at radius 3 is 2.50 bits per heavy atom. The molecule has 0 bridgehead atoms. The van der Waals surface area contributed by atoms with Crippen LogP contribution in [0.3, 0.4) is 0 Å². The third kappa shape index (κ3) is 1.05. The van der Waals surface area contributed by atoms with Crippen LogP contribution in [0.4, 0.5) is 0 Å². The van der Waals surface area contributed by atoms with Crippen molar-refractivity contribution in [2.45, 2.75) is 6.92 Å². The van der Waals surface area contributed by atoms with E-state index in [0.29, 0.717) is 5.71 Å². The highest BCUT2D eigenvalue weighted by Crippen LogP contribution is 2.03. The quantitative estimate of drug-likeness (QED) is 0.459. The number of hydrogen-bond donors (Lipinski definition) is 0. The molecule has 0 fully saturated rings. The van der Waals surface area contributed by atoms with Crippen LogP contribution in [0.15, 0.2) is 4.40 Å². The lowest BCUT2D eigenvalue weighted by atomic mass is 10.5. The zero-order chi connectivity index (χ0) is 6.20. The van der Waals surface area contributed by atoms with Crippen LogP contribution < -0.4 is 0 Å². The fraction of sp³-hybridized carbons (Fsp3) is 0.667. The molecule has 1 heterocycles. The smallest absolute Gasteiger partial charge is 0.246 e. The van der Waals surface area contributed by atoms with Gasteiger partial charge >= 0.3 is 10.3 Å². The van der Waals surface area contributed by atoms with Gasteiger partial charge in [-0.3, -0.25) is 0 Å². The summed E-state index contributed by atoms with van der Waals surface area (Å²) in [6, 6.07) is 0. The monoisotopic (exact) mass is 135 g/mol. The molecule has 0 radical (unpaired) electrons. The Hall–Kier alpha value is -0.420. The maximum absolute atomic E-state index is 10.2. The van der Waals surface area contributed by atoms with Gasteiger partial charge in [0, 0.05) is 0 Å². The summed E-state index contributed by atoms with van der Waals surface area (Å²) < 4.78 is 27.9. The predicted octanol–water partition coefficient (Wildman–Crippen LogP) is -0.278. The molecule has 0 amide bonds. The minimum atomic E-state index is -3.51. The lowest BCUT2D eigenvalue weighted by molar-refractivity contribution is 0.381. The lowest BCUT2D eigenvalue weighted by Crippen LogP contribution is -1.95. The van der Waals surface area contributed by atoms with Crippen LogP contribution in [0.1, 0.15) is 6.92 Å². The molecule has 1 rings (SSSR count). The van der Waals surface area contributed by atoms with Crippen LogP contribution in [0, 0.1) is 0 Å². The third-order valence-corrected chi connectivity index (χ3v) is 1.64. The molecule has 0 unspecified atom stereocenters. The van der Waals surface area contributed by atoms with Gasteiger partial charge in [-0.2, -0.15) is 8.42 Å². The average Bonchev–Trinajstić information content (AvgIpc) is 1.82. The number of rotatable bonds is 0. The Balaban J connectivity index is 3.00. The van der Waals surface area contributed by atoms with E-state index < -0.39 is 10.3 Å². The Labute approximate surface area is 47.4 Å². The second-order valence-electron chi connectivity index (χ2n) is 1.52. The molecule has 0 saturated heterocycles. The first-order chi connectivity index (χ1) is 3.60. The molecule has 8 heavy (non-hydrogen) atoms. The lowest BCUT2D eigenvalue weighted by Gasteiger charge is -1.81. The first kappa shape index (κ1) is 5.71. The summed E-state index contributed by atoms with van der Waals surface area (Å²) >= 11 is 0. The third-order valence-electron chi connectivity index (χ3n) is 0.684. The highest BCUT2D eigenvalue weighted by atomic mass is 32.2. The van der Waals surface area contributed by atoms with Crippen molar-refractivity contribution in [1.29, 1.82) is 0 Å². The topological polar surface area (TPSA) is 55.7 Å². The van der Waals surface area contributed by atoms with Crippen molar-refractivity contribution >= 4 is 16.0 Å². The molecule has 0 aromatic rings. The summed E-state index contributed by atoms with van der Waals surface area (Å²) in [6.45, 7) is 1.72. The van der Waals surface area contributed by atoms with Gasteiger partial charge in [0.15, 0.2) is 0 Å². The SMILES string of the molecule is CC1=NS(=O)(=O)OC1. The van der Waals surface area contributed by atoms with E-state index in [2.05, 4.69) is 8.58 Å². The van der Waals surface area contributed by atoms with Gasteiger partial charge in [-0.05, 0) is 6.92 Å². The fourth-order valence-corrected chi connectivity index (χ4v) is 1.21. The van der Waals surface area contributed by atoms with Gasteiger partial charge in [-0.15, -0.1) is 4.40 Å². The second-order valence-corrected chi connectivity index (χ2v) is 2.79. The van der Waals surface area contributed by atoms with Gasteiger partial charge in [-0.25, -0.2) is 4.18 Å². The van der Waals surface area contributed by atoms with Gasteiger partial charge in [0.05, 0.1) is 5.71 Å². The van der Waals surface area contributed by atoms with Crippen LogP contribution in [-0.4, -0.2) is 20.7 Å². The summed E-state index contributed by atoms with van der Waals surface area (Å²) in [5, 5.41) is 0. The van der Waals surface area contributed by atoms with Gasteiger partial charge in [0.2, 0.25) is 0 Å². The van der Waals surface area contributed by atoms with Crippen LogP contribution in [0.2, 0.25) is 0 Å². The Morgan fingerprint density at radius 2 is 2.38 bits per heavy atom. The summed E-state index contributed by atoms with van der Waals surface area (Å²) in [4.78, 5) is 0.